The van der Waals surface area contributed by atoms with Gasteiger partial charge >= 0.3 is 0 Å². The normalized spacial score (nSPS) is 20.1. The number of phenols is 1. The molecule has 43 heavy (non-hydrogen) atoms. The van der Waals surface area contributed by atoms with E-state index < -0.39 is 29.9 Å². The van der Waals surface area contributed by atoms with Gasteiger partial charge in [0.05, 0.1) is 11.6 Å². The van der Waals surface area contributed by atoms with Crippen molar-refractivity contribution in [2.45, 2.75) is 64.1 Å². The molecular weight excluding hydrogens is 550 g/mol. The van der Waals surface area contributed by atoms with E-state index in [9.17, 15) is 24.3 Å². The van der Waals surface area contributed by atoms with Crippen molar-refractivity contribution in [1.29, 1.82) is 0 Å². The molecule has 0 unspecified atom stereocenters. The van der Waals surface area contributed by atoms with Crippen LogP contribution in [0.15, 0.2) is 48.5 Å². The van der Waals surface area contributed by atoms with Crippen LogP contribution in [-0.2, 0) is 20.8 Å². The van der Waals surface area contributed by atoms with Crippen molar-refractivity contribution in [3.05, 3.63) is 59.7 Å². The minimum absolute atomic E-state index is 0.0172. The van der Waals surface area contributed by atoms with Crippen LogP contribution in [0.2, 0.25) is 0 Å². The fourth-order valence-electron chi connectivity index (χ4n) is 4.66. The van der Waals surface area contributed by atoms with Gasteiger partial charge in [0.25, 0.3) is 5.91 Å². The Kier molecular flexibility index (Phi) is 12.8. The lowest BCUT2D eigenvalue weighted by molar-refractivity contribution is -0.130. The van der Waals surface area contributed by atoms with E-state index in [-0.39, 0.29) is 54.9 Å². The minimum Gasteiger partial charge on any atom is -0.508 e. The quantitative estimate of drug-likeness (QED) is 0.279. The molecule has 3 atom stereocenters. The summed E-state index contributed by atoms with van der Waals surface area (Å²) in [6.07, 6.45) is 1.81. The highest BCUT2D eigenvalue weighted by atomic mass is 16.5. The number of carbonyl (C=O) groups is 4. The Hall–Kier alpha value is -4.12. The van der Waals surface area contributed by atoms with Gasteiger partial charge in [-0.2, -0.15) is 0 Å². The predicted octanol–water partition coefficient (Wildman–Crippen LogP) is 1.99. The number of hydrogen-bond donors (Lipinski definition) is 5. The zero-order valence-electron chi connectivity index (χ0n) is 25.5. The summed E-state index contributed by atoms with van der Waals surface area (Å²) >= 11 is 0. The van der Waals surface area contributed by atoms with Gasteiger partial charge in [-0.1, -0.05) is 38.1 Å². The average molecular weight is 596 g/mol. The highest BCUT2D eigenvalue weighted by Gasteiger charge is 2.29. The lowest BCUT2D eigenvalue weighted by Gasteiger charge is -2.26. The van der Waals surface area contributed by atoms with Gasteiger partial charge in [-0.15, -0.1) is 0 Å². The van der Waals surface area contributed by atoms with Crippen LogP contribution < -0.4 is 26.0 Å². The molecule has 0 saturated carbocycles. The van der Waals surface area contributed by atoms with Gasteiger partial charge in [-0.3, -0.25) is 19.2 Å². The van der Waals surface area contributed by atoms with Crippen LogP contribution in [0.1, 0.15) is 55.5 Å². The third kappa shape index (κ3) is 10.9. The molecule has 1 heterocycles. The maximum atomic E-state index is 13.5. The summed E-state index contributed by atoms with van der Waals surface area (Å²) in [5, 5.41) is 21.2. The number of nitrogens with zero attached hydrogens (tertiary/aromatic N) is 1. The van der Waals surface area contributed by atoms with Gasteiger partial charge in [0, 0.05) is 19.4 Å². The fraction of sp³-hybridized carbons (Fsp3) is 0.500. The number of amides is 4. The first-order valence-electron chi connectivity index (χ1n) is 14.9. The summed E-state index contributed by atoms with van der Waals surface area (Å²) in [5.41, 5.74) is 1.01. The molecule has 4 amide bonds. The van der Waals surface area contributed by atoms with E-state index in [0.29, 0.717) is 12.3 Å². The van der Waals surface area contributed by atoms with Crippen molar-refractivity contribution in [3.8, 4) is 11.5 Å². The molecule has 0 saturated heterocycles. The summed E-state index contributed by atoms with van der Waals surface area (Å²) in [6, 6.07) is 10.9. The van der Waals surface area contributed by atoms with Crippen molar-refractivity contribution < 1.29 is 29.0 Å². The standard InChI is InChI=1S/C32H45N5O6/c1-21(2)27-20-43-28-10-6-5-9-24(28)30(40)35-25(31(41)33-17-7-8-18-37(3)4)15-16-29(39)34-26(32(42)36-27)19-22-11-13-23(38)14-12-22/h5-6,9-14,21,25-27,38H,7-8,15-20H2,1-4H3,(H,33,41)(H,34,39)(H,35,40)(H,36,42)/t25-,26-,27-/m0/s1. The lowest BCUT2D eigenvalue weighted by atomic mass is 10.0. The molecule has 0 radical (unpaired) electrons. The Balaban J connectivity index is 1.85. The number of benzene rings is 2. The molecule has 0 fully saturated rings. The number of unbranched alkanes of at least 4 members (excludes halogenated alkanes) is 1. The molecule has 0 bridgehead atoms. The van der Waals surface area contributed by atoms with Crippen molar-refractivity contribution in [3.63, 3.8) is 0 Å². The number of rotatable bonds is 9. The topological polar surface area (TPSA) is 149 Å². The van der Waals surface area contributed by atoms with E-state index in [1.807, 2.05) is 27.9 Å². The van der Waals surface area contributed by atoms with Gasteiger partial charge in [0.1, 0.15) is 30.2 Å². The van der Waals surface area contributed by atoms with Crippen molar-refractivity contribution in [2.75, 3.05) is 33.8 Å². The predicted molar refractivity (Wildman–Crippen MR) is 164 cm³/mol. The van der Waals surface area contributed by atoms with Crippen LogP contribution in [0.4, 0.5) is 0 Å². The second-order valence-corrected chi connectivity index (χ2v) is 11.5. The zero-order valence-corrected chi connectivity index (χ0v) is 25.5. The maximum Gasteiger partial charge on any atom is 0.255 e. The van der Waals surface area contributed by atoms with Gasteiger partial charge in [-0.05, 0) is 75.6 Å². The van der Waals surface area contributed by atoms with E-state index in [1.54, 1.807) is 36.4 Å². The Morgan fingerprint density at radius 3 is 2.44 bits per heavy atom. The SMILES string of the molecule is CC(C)[C@@H]1COc2ccccc2C(=O)N[C@H](C(=O)NCCCCN(C)C)CCC(=O)N[C@@H](Cc2ccc(O)cc2)C(=O)N1. The Morgan fingerprint density at radius 2 is 1.74 bits per heavy atom. The fourth-order valence-corrected chi connectivity index (χ4v) is 4.66. The number of hydrogen-bond acceptors (Lipinski definition) is 7. The molecule has 11 heteroatoms. The molecule has 0 aromatic heterocycles. The van der Waals surface area contributed by atoms with Crippen LogP contribution >= 0.6 is 0 Å². The molecule has 3 rings (SSSR count). The molecule has 2 aromatic rings. The Labute approximate surface area is 253 Å². The molecule has 1 aliphatic rings. The molecule has 1 aliphatic heterocycles. The molecule has 0 spiro atoms. The number of aromatic hydroxyl groups is 1. The largest absolute Gasteiger partial charge is 0.508 e. The average Bonchev–Trinajstić information content (AvgIpc) is 2.97. The van der Waals surface area contributed by atoms with Crippen molar-refractivity contribution in [2.24, 2.45) is 5.92 Å². The number of ether oxygens (including phenoxy) is 1. The van der Waals surface area contributed by atoms with Gasteiger partial charge in [-0.25, -0.2) is 0 Å². The molecule has 5 N–H and O–H groups in total. The third-order valence-electron chi connectivity index (χ3n) is 7.32. The second-order valence-electron chi connectivity index (χ2n) is 11.5. The van der Waals surface area contributed by atoms with E-state index >= 15 is 0 Å². The zero-order chi connectivity index (χ0) is 31.4. The van der Waals surface area contributed by atoms with E-state index in [1.165, 1.54) is 12.1 Å². The van der Waals surface area contributed by atoms with Crippen molar-refractivity contribution in [1.82, 2.24) is 26.2 Å². The van der Waals surface area contributed by atoms with E-state index in [4.69, 9.17) is 4.74 Å². The molecule has 234 valence electrons. The van der Waals surface area contributed by atoms with Crippen LogP contribution in [0.25, 0.3) is 0 Å². The van der Waals surface area contributed by atoms with Crippen LogP contribution in [-0.4, -0.2) is 85.6 Å². The number of carbonyl (C=O) groups excluding carboxylic acids is 4. The van der Waals surface area contributed by atoms with Gasteiger partial charge in [0.2, 0.25) is 17.7 Å². The highest BCUT2D eigenvalue weighted by Crippen LogP contribution is 2.20. The van der Waals surface area contributed by atoms with E-state index in [0.717, 1.165) is 24.9 Å². The molecule has 0 aliphatic carbocycles. The Bertz CT molecular complexity index is 1230. The third-order valence-corrected chi connectivity index (χ3v) is 7.32. The number of para-hydroxylation sites is 1. The summed E-state index contributed by atoms with van der Waals surface area (Å²) in [5.74, 6) is -1.27. The number of fused-ring (bicyclic) bond motifs is 1. The minimum atomic E-state index is -0.974. The molecular formula is C32H45N5O6. The first-order chi connectivity index (χ1) is 20.5. The first kappa shape index (κ1) is 33.4. The van der Waals surface area contributed by atoms with Crippen LogP contribution in [0.3, 0.4) is 0 Å². The second kappa shape index (κ2) is 16.5. The van der Waals surface area contributed by atoms with E-state index in [2.05, 4.69) is 26.2 Å². The summed E-state index contributed by atoms with van der Waals surface area (Å²) in [7, 11) is 3.97. The summed E-state index contributed by atoms with van der Waals surface area (Å²) < 4.78 is 6.06. The van der Waals surface area contributed by atoms with Gasteiger partial charge < -0.3 is 36.0 Å². The number of nitrogens with one attached hydrogen (secondary N) is 4. The van der Waals surface area contributed by atoms with Crippen LogP contribution in [0, 0.1) is 5.92 Å². The summed E-state index contributed by atoms with van der Waals surface area (Å²) in [6.45, 7) is 5.31. The van der Waals surface area contributed by atoms with Gasteiger partial charge in [0.15, 0.2) is 0 Å². The molecule has 2 aromatic carbocycles. The first-order valence-corrected chi connectivity index (χ1v) is 14.9. The Morgan fingerprint density at radius 1 is 1.02 bits per heavy atom. The lowest BCUT2D eigenvalue weighted by Crippen LogP contribution is -2.53. The van der Waals surface area contributed by atoms with Crippen LogP contribution in [0.5, 0.6) is 11.5 Å². The summed E-state index contributed by atoms with van der Waals surface area (Å²) in [4.78, 5) is 55.3. The number of phenolic OH excluding ortho intramolecular Hbond substituents is 1. The smallest absolute Gasteiger partial charge is 0.255 e. The molecule has 11 nitrogen and oxygen atoms in total. The highest BCUT2D eigenvalue weighted by molar-refractivity contribution is 5.99. The maximum absolute atomic E-state index is 13.5. The van der Waals surface area contributed by atoms with Crippen molar-refractivity contribution >= 4 is 23.6 Å². The monoisotopic (exact) mass is 595 g/mol.